The molecule has 0 aliphatic heterocycles. The molecule has 1 atom stereocenters. The van der Waals surface area contributed by atoms with Crippen molar-refractivity contribution >= 4 is 17.7 Å². The third-order valence-corrected chi connectivity index (χ3v) is 3.64. The lowest BCUT2D eigenvalue weighted by molar-refractivity contribution is -0.139. The number of aliphatic carboxylic acids is 1. The number of carboxylic acids is 1. The second kappa shape index (κ2) is 7.41. The van der Waals surface area contributed by atoms with E-state index < -0.39 is 17.4 Å². The molecule has 0 bridgehead atoms. The third kappa shape index (κ3) is 4.41. The molecule has 0 saturated heterocycles. The zero-order valence-corrected chi connectivity index (χ0v) is 14.2. The smallest absolute Gasteiger partial charge is 0.305 e. The maximum atomic E-state index is 12.6. The number of aromatic nitrogens is 1. The number of carbonyl (C=O) groups is 3. The summed E-state index contributed by atoms with van der Waals surface area (Å²) < 4.78 is 5.03. The van der Waals surface area contributed by atoms with Crippen molar-refractivity contribution in [1.29, 1.82) is 0 Å². The highest BCUT2D eigenvalue weighted by molar-refractivity contribution is 6.03. The number of nitrogens with one attached hydrogen (secondary N) is 2. The molecule has 1 amide bonds. The van der Waals surface area contributed by atoms with Gasteiger partial charge >= 0.3 is 5.97 Å². The standard InChI is InChI=1S/C16H24N2O5/c1-6-11-13(10(3)19)9(2)17-14(11)15(22)18-16(4,8-23-5)7-12(20)21/h17H,6-8H2,1-5H3,(H,18,22)(H,20,21). The van der Waals surface area contributed by atoms with Crippen LogP contribution in [0.15, 0.2) is 0 Å². The van der Waals surface area contributed by atoms with Crippen molar-refractivity contribution in [1.82, 2.24) is 10.3 Å². The van der Waals surface area contributed by atoms with Gasteiger partial charge in [0.15, 0.2) is 5.78 Å². The number of ketones is 1. The Bertz CT molecular complexity index is 620. The quantitative estimate of drug-likeness (QED) is 0.631. The second-order valence-electron chi connectivity index (χ2n) is 5.91. The van der Waals surface area contributed by atoms with E-state index in [4.69, 9.17) is 9.84 Å². The van der Waals surface area contributed by atoms with E-state index in [1.54, 1.807) is 13.8 Å². The van der Waals surface area contributed by atoms with Crippen molar-refractivity contribution in [3.8, 4) is 0 Å². The number of rotatable bonds is 8. The number of hydrogen-bond acceptors (Lipinski definition) is 4. The maximum absolute atomic E-state index is 12.6. The molecule has 7 heteroatoms. The van der Waals surface area contributed by atoms with E-state index in [1.807, 2.05) is 6.92 Å². The molecule has 0 saturated carbocycles. The monoisotopic (exact) mass is 324 g/mol. The Labute approximate surface area is 135 Å². The summed E-state index contributed by atoms with van der Waals surface area (Å²) in [6.45, 7) is 6.72. The van der Waals surface area contributed by atoms with Crippen LogP contribution < -0.4 is 5.32 Å². The van der Waals surface area contributed by atoms with Gasteiger partial charge in [-0.2, -0.15) is 0 Å². The lowest BCUT2D eigenvalue weighted by atomic mass is 9.97. The Morgan fingerprint density at radius 3 is 2.39 bits per heavy atom. The highest BCUT2D eigenvalue weighted by atomic mass is 16.5. The number of hydrogen-bond donors (Lipinski definition) is 3. The number of carbonyl (C=O) groups excluding carboxylic acids is 2. The van der Waals surface area contributed by atoms with Gasteiger partial charge in [-0.1, -0.05) is 6.92 Å². The average molecular weight is 324 g/mol. The number of methoxy groups -OCH3 is 1. The molecule has 1 heterocycles. The largest absolute Gasteiger partial charge is 0.481 e. The van der Waals surface area contributed by atoms with Gasteiger partial charge in [0.05, 0.1) is 18.6 Å². The first-order valence-corrected chi connectivity index (χ1v) is 7.40. The van der Waals surface area contributed by atoms with Crippen LogP contribution in [0.5, 0.6) is 0 Å². The molecule has 1 rings (SSSR count). The molecule has 1 aromatic rings. The summed E-state index contributed by atoms with van der Waals surface area (Å²) in [5, 5.41) is 11.7. The second-order valence-corrected chi connectivity index (χ2v) is 5.91. The van der Waals surface area contributed by atoms with E-state index in [-0.39, 0.29) is 18.8 Å². The summed E-state index contributed by atoms with van der Waals surface area (Å²) in [4.78, 5) is 38.3. The summed E-state index contributed by atoms with van der Waals surface area (Å²) in [7, 11) is 1.44. The number of aromatic amines is 1. The van der Waals surface area contributed by atoms with Crippen LogP contribution in [0.3, 0.4) is 0 Å². The lowest BCUT2D eigenvalue weighted by Gasteiger charge is -2.28. The van der Waals surface area contributed by atoms with Gasteiger partial charge in [0, 0.05) is 18.4 Å². The summed E-state index contributed by atoms with van der Waals surface area (Å²) >= 11 is 0. The number of aryl methyl sites for hydroxylation is 1. The Kier molecular flexibility index (Phi) is 6.09. The molecule has 3 N–H and O–H groups in total. The van der Waals surface area contributed by atoms with Gasteiger partial charge in [0.1, 0.15) is 5.69 Å². The fourth-order valence-corrected chi connectivity index (χ4v) is 2.82. The first-order chi connectivity index (χ1) is 10.6. The first kappa shape index (κ1) is 18.9. The molecular formula is C16H24N2O5. The van der Waals surface area contributed by atoms with Crippen molar-refractivity contribution in [2.75, 3.05) is 13.7 Å². The van der Waals surface area contributed by atoms with Gasteiger partial charge in [-0.25, -0.2) is 0 Å². The van der Waals surface area contributed by atoms with Gasteiger partial charge in [-0.15, -0.1) is 0 Å². The fourth-order valence-electron chi connectivity index (χ4n) is 2.82. The van der Waals surface area contributed by atoms with Crippen molar-refractivity contribution in [2.45, 2.75) is 46.1 Å². The predicted octanol–water partition coefficient (Wildman–Crippen LogP) is 1.70. The summed E-state index contributed by atoms with van der Waals surface area (Å²) in [5.41, 5.74) is 1.04. The molecule has 23 heavy (non-hydrogen) atoms. The minimum Gasteiger partial charge on any atom is -0.481 e. The molecule has 1 aromatic heterocycles. The minimum atomic E-state index is -1.04. The molecule has 0 aromatic carbocycles. The van der Waals surface area contributed by atoms with Gasteiger partial charge in [0.25, 0.3) is 5.91 Å². The zero-order valence-electron chi connectivity index (χ0n) is 14.2. The van der Waals surface area contributed by atoms with Crippen LogP contribution in [0.2, 0.25) is 0 Å². The topological polar surface area (TPSA) is 108 Å². The highest BCUT2D eigenvalue weighted by Crippen LogP contribution is 2.21. The van der Waals surface area contributed by atoms with Crippen LogP contribution in [-0.2, 0) is 16.0 Å². The van der Waals surface area contributed by atoms with Crippen LogP contribution in [0.4, 0.5) is 0 Å². The molecule has 0 radical (unpaired) electrons. The molecule has 0 spiro atoms. The van der Waals surface area contributed by atoms with Gasteiger partial charge in [-0.3, -0.25) is 14.4 Å². The Balaban J connectivity index is 3.16. The normalized spacial score (nSPS) is 13.4. The van der Waals surface area contributed by atoms with E-state index in [2.05, 4.69) is 10.3 Å². The Hall–Kier alpha value is -2.15. The first-order valence-electron chi connectivity index (χ1n) is 7.40. The van der Waals surface area contributed by atoms with Gasteiger partial charge < -0.3 is 20.1 Å². The predicted molar refractivity (Wildman–Crippen MR) is 84.9 cm³/mol. The molecular weight excluding hydrogens is 300 g/mol. The summed E-state index contributed by atoms with van der Waals surface area (Å²) in [6, 6.07) is 0. The molecule has 1 unspecified atom stereocenters. The molecule has 0 aliphatic rings. The van der Waals surface area contributed by atoms with Crippen LogP contribution in [0.1, 0.15) is 59.3 Å². The third-order valence-electron chi connectivity index (χ3n) is 3.64. The molecule has 0 fully saturated rings. The lowest BCUT2D eigenvalue weighted by Crippen LogP contribution is -2.51. The molecule has 7 nitrogen and oxygen atoms in total. The van der Waals surface area contributed by atoms with Crippen molar-refractivity contribution in [2.24, 2.45) is 0 Å². The number of H-pyrrole nitrogens is 1. The van der Waals surface area contributed by atoms with Crippen LogP contribution in [0.25, 0.3) is 0 Å². The van der Waals surface area contributed by atoms with E-state index in [1.165, 1.54) is 14.0 Å². The minimum absolute atomic E-state index is 0.0613. The van der Waals surface area contributed by atoms with E-state index in [9.17, 15) is 14.4 Å². The highest BCUT2D eigenvalue weighted by Gasteiger charge is 2.32. The molecule has 0 aliphatic carbocycles. The Morgan fingerprint density at radius 1 is 1.35 bits per heavy atom. The van der Waals surface area contributed by atoms with E-state index >= 15 is 0 Å². The number of Topliss-reactive ketones (excluding diaryl/α,β-unsaturated/α-hetero) is 1. The number of ether oxygens (including phenoxy) is 1. The summed E-state index contributed by atoms with van der Waals surface area (Å²) in [6.07, 6.45) is 0.245. The average Bonchev–Trinajstić information content (AvgIpc) is 2.74. The Morgan fingerprint density at radius 2 is 1.96 bits per heavy atom. The van der Waals surface area contributed by atoms with Crippen molar-refractivity contribution in [3.63, 3.8) is 0 Å². The zero-order chi connectivity index (χ0) is 17.8. The van der Waals surface area contributed by atoms with Crippen molar-refractivity contribution < 1.29 is 24.2 Å². The SMILES string of the molecule is CCc1c(C(=O)NC(C)(COC)CC(=O)O)[nH]c(C)c1C(C)=O. The number of carboxylic acid groups (broad SMARTS) is 1. The van der Waals surface area contributed by atoms with Gasteiger partial charge in [-0.05, 0) is 32.8 Å². The van der Waals surface area contributed by atoms with Crippen molar-refractivity contribution in [3.05, 3.63) is 22.5 Å². The fraction of sp³-hybridized carbons (Fsp3) is 0.562. The van der Waals surface area contributed by atoms with Gasteiger partial charge in [0.2, 0.25) is 0 Å². The molecule has 128 valence electrons. The summed E-state index contributed by atoms with van der Waals surface area (Å²) in [5.74, 6) is -1.59. The van der Waals surface area contributed by atoms with Crippen LogP contribution >= 0.6 is 0 Å². The van der Waals surface area contributed by atoms with Crippen LogP contribution in [0, 0.1) is 6.92 Å². The van der Waals surface area contributed by atoms with E-state index in [0.29, 0.717) is 28.9 Å². The van der Waals surface area contributed by atoms with Crippen LogP contribution in [-0.4, -0.2) is 47.0 Å². The maximum Gasteiger partial charge on any atom is 0.305 e. The van der Waals surface area contributed by atoms with E-state index in [0.717, 1.165) is 0 Å². The number of amides is 1.